The van der Waals surface area contributed by atoms with Crippen molar-refractivity contribution in [3.8, 4) is 0 Å². The van der Waals surface area contributed by atoms with E-state index in [0.717, 1.165) is 32.1 Å². The molecule has 0 fully saturated rings. The Hall–Kier alpha value is -0.790. The third kappa shape index (κ3) is 13.9. The van der Waals surface area contributed by atoms with E-state index in [1.165, 1.54) is 38.5 Å². The molecule has 0 bridgehead atoms. The average molecular weight is 296 g/mol. The molecule has 0 N–H and O–H groups in total. The topological polar surface area (TPSA) is 26.3 Å². The van der Waals surface area contributed by atoms with Crippen LogP contribution in [0.3, 0.4) is 0 Å². The number of ether oxygens (including phenoxy) is 1. The van der Waals surface area contributed by atoms with Crippen molar-refractivity contribution in [3.05, 3.63) is 12.2 Å². The highest BCUT2D eigenvalue weighted by molar-refractivity contribution is 5.69. The van der Waals surface area contributed by atoms with Crippen LogP contribution in [-0.4, -0.2) is 12.1 Å². The normalized spacial score (nSPS) is 12.7. The summed E-state index contributed by atoms with van der Waals surface area (Å²) < 4.78 is 5.67. The molecule has 0 amide bonds. The molecule has 0 spiro atoms. The van der Waals surface area contributed by atoms with Crippen molar-refractivity contribution in [2.45, 2.75) is 104 Å². The number of carbonyl (C=O) groups is 1. The van der Waals surface area contributed by atoms with E-state index in [1.807, 2.05) is 0 Å². The van der Waals surface area contributed by atoms with E-state index < -0.39 is 0 Å². The molecule has 0 aliphatic rings. The molecule has 0 radical (unpaired) electrons. The molecular weight excluding hydrogens is 260 g/mol. The minimum Gasteiger partial charge on any atom is -0.462 e. The van der Waals surface area contributed by atoms with E-state index in [1.54, 1.807) is 0 Å². The highest BCUT2D eigenvalue weighted by Crippen LogP contribution is 2.14. The number of hydrogen-bond donors (Lipinski definition) is 0. The van der Waals surface area contributed by atoms with Gasteiger partial charge in [0.05, 0.1) is 0 Å². The van der Waals surface area contributed by atoms with Crippen LogP contribution < -0.4 is 0 Å². The molecule has 0 heterocycles. The summed E-state index contributed by atoms with van der Waals surface area (Å²) in [5.41, 5.74) is 0. The summed E-state index contributed by atoms with van der Waals surface area (Å²) in [5.74, 6) is -0.00325. The summed E-state index contributed by atoms with van der Waals surface area (Å²) >= 11 is 0. The summed E-state index contributed by atoms with van der Waals surface area (Å²) in [7, 11) is 0. The van der Waals surface area contributed by atoms with Crippen molar-refractivity contribution in [2.24, 2.45) is 0 Å². The van der Waals surface area contributed by atoms with Crippen molar-refractivity contribution in [2.75, 3.05) is 0 Å². The van der Waals surface area contributed by atoms with Crippen molar-refractivity contribution < 1.29 is 9.53 Å². The van der Waals surface area contributed by atoms with Gasteiger partial charge in [-0.2, -0.15) is 0 Å². The lowest BCUT2D eigenvalue weighted by molar-refractivity contribution is -0.149. The smallest absolute Gasteiger partial charge is 0.306 e. The zero-order valence-corrected chi connectivity index (χ0v) is 14.5. The van der Waals surface area contributed by atoms with Crippen molar-refractivity contribution in [3.63, 3.8) is 0 Å². The zero-order valence-electron chi connectivity index (χ0n) is 14.5. The molecule has 2 heteroatoms. The highest BCUT2D eigenvalue weighted by atomic mass is 16.5. The number of hydrogen-bond acceptors (Lipinski definition) is 2. The first-order valence-electron chi connectivity index (χ1n) is 9.09. The molecule has 0 unspecified atom stereocenters. The van der Waals surface area contributed by atoms with Gasteiger partial charge in [-0.05, 0) is 25.7 Å². The number of esters is 1. The van der Waals surface area contributed by atoms with E-state index >= 15 is 0 Å². The van der Waals surface area contributed by atoms with Gasteiger partial charge in [0.25, 0.3) is 0 Å². The summed E-state index contributed by atoms with van der Waals surface area (Å²) in [6.45, 7) is 6.54. The lowest BCUT2D eigenvalue weighted by atomic mass is 10.1. The van der Waals surface area contributed by atoms with Crippen molar-refractivity contribution in [1.82, 2.24) is 0 Å². The van der Waals surface area contributed by atoms with Crippen LogP contribution in [0.25, 0.3) is 0 Å². The maximum atomic E-state index is 11.9. The fourth-order valence-electron chi connectivity index (χ4n) is 2.38. The first-order chi connectivity index (χ1) is 10.2. The minimum absolute atomic E-state index is 0.00325. The second-order valence-corrected chi connectivity index (χ2v) is 5.89. The minimum atomic E-state index is -0.00325. The van der Waals surface area contributed by atoms with Crippen LogP contribution >= 0.6 is 0 Å². The van der Waals surface area contributed by atoms with Gasteiger partial charge in [0.1, 0.15) is 6.10 Å². The molecule has 0 saturated carbocycles. The van der Waals surface area contributed by atoms with E-state index in [9.17, 15) is 4.79 Å². The van der Waals surface area contributed by atoms with Crippen LogP contribution in [0.2, 0.25) is 0 Å². The fourth-order valence-corrected chi connectivity index (χ4v) is 2.38. The van der Waals surface area contributed by atoms with Gasteiger partial charge in [-0.1, -0.05) is 71.4 Å². The van der Waals surface area contributed by atoms with E-state index in [0.29, 0.717) is 6.42 Å². The SMILES string of the molecule is CCC=CC[C@H](CCCCCC)OC(=O)CCCCCC. The molecule has 1 atom stereocenters. The average Bonchev–Trinajstić information content (AvgIpc) is 2.48. The van der Waals surface area contributed by atoms with Crippen LogP contribution in [0.15, 0.2) is 12.2 Å². The molecule has 124 valence electrons. The highest BCUT2D eigenvalue weighted by Gasteiger charge is 2.12. The van der Waals surface area contributed by atoms with Gasteiger partial charge in [0.2, 0.25) is 0 Å². The van der Waals surface area contributed by atoms with Gasteiger partial charge in [-0.25, -0.2) is 0 Å². The Morgan fingerprint density at radius 1 is 0.905 bits per heavy atom. The van der Waals surface area contributed by atoms with E-state index in [4.69, 9.17) is 4.74 Å². The van der Waals surface area contributed by atoms with Crippen molar-refractivity contribution >= 4 is 5.97 Å². The lowest BCUT2D eigenvalue weighted by Crippen LogP contribution is -2.17. The van der Waals surface area contributed by atoms with Gasteiger partial charge in [-0.3, -0.25) is 4.79 Å². The summed E-state index contributed by atoms with van der Waals surface area (Å²) in [4.78, 5) is 11.9. The van der Waals surface area contributed by atoms with E-state index in [2.05, 4.69) is 32.9 Å². The molecule has 0 aromatic carbocycles. The number of allylic oxidation sites excluding steroid dienone is 1. The quantitative estimate of drug-likeness (QED) is 0.217. The van der Waals surface area contributed by atoms with Gasteiger partial charge in [0.15, 0.2) is 0 Å². The number of rotatable bonds is 14. The Bertz CT molecular complexity index is 258. The summed E-state index contributed by atoms with van der Waals surface area (Å²) in [5, 5.41) is 0. The Morgan fingerprint density at radius 3 is 2.19 bits per heavy atom. The molecule has 0 aliphatic carbocycles. The largest absolute Gasteiger partial charge is 0.462 e. The Morgan fingerprint density at radius 2 is 1.57 bits per heavy atom. The molecule has 21 heavy (non-hydrogen) atoms. The predicted octanol–water partition coefficient (Wildman–Crippen LogP) is 6.20. The molecule has 0 saturated heterocycles. The Labute approximate surface area is 132 Å². The van der Waals surface area contributed by atoms with Gasteiger partial charge in [0, 0.05) is 12.8 Å². The Balaban J connectivity index is 3.99. The molecule has 0 aromatic rings. The molecule has 0 aromatic heterocycles. The predicted molar refractivity (Wildman–Crippen MR) is 91.4 cm³/mol. The molecule has 0 rings (SSSR count). The summed E-state index contributed by atoms with van der Waals surface area (Å²) in [6, 6.07) is 0. The monoisotopic (exact) mass is 296 g/mol. The Kier molecular flexibility index (Phi) is 15.0. The van der Waals surface area contributed by atoms with Crippen LogP contribution in [0.1, 0.15) is 97.8 Å². The maximum absolute atomic E-state index is 11.9. The second kappa shape index (κ2) is 15.6. The molecule has 0 aliphatic heterocycles. The zero-order chi connectivity index (χ0) is 15.8. The number of carbonyl (C=O) groups excluding carboxylic acids is 1. The third-order valence-corrected chi connectivity index (χ3v) is 3.71. The van der Waals surface area contributed by atoms with Crippen LogP contribution in [0, 0.1) is 0 Å². The standard InChI is InChI=1S/C19H36O2/c1-4-7-10-13-16-18(15-12-9-6-3)21-19(20)17-14-11-8-5-2/h9,12,18H,4-8,10-11,13-17H2,1-3H3/t18-/m1/s1. The molecular formula is C19H36O2. The van der Waals surface area contributed by atoms with E-state index in [-0.39, 0.29) is 12.1 Å². The third-order valence-electron chi connectivity index (χ3n) is 3.71. The van der Waals surface area contributed by atoms with Crippen molar-refractivity contribution in [1.29, 1.82) is 0 Å². The fraction of sp³-hybridized carbons (Fsp3) is 0.842. The molecule has 2 nitrogen and oxygen atoms in total. The summed E-state index contributed by atoms with van der Waals surface area (Å²) in [6.07, 6.45) is 17.4. The van der Waals surface area contributed by atoms with Gasteiger partial charge < -0.3 is 4.74 Å². The second-order valence-electron chi connectivity index (χ2n) is 5.89. The van der Waals surface area contributed by atoms with Crippen LogP contribution in [0.5, 0.6) is 0 Å². The maximum Gasteiger partial charge on any atom is 0.306 e. The van der Waals surface area contributed by atoms with Crippen LogP contribution in [-0.2, 0) is 9.53 Å². The van der Waals surface area contributed by atoms with Crippen LogP contribution in [0.4, 0.5) is 0 Å². The van der Waals surface area contributed by atoms with Gasteiger partial charge >= 0.3 is 5.97 Å². The first-order valence-corrected chi connectivity index (χ1v) is 9.09. The first kappa shape index (κ1) is 20.2. The van der Waals surface area contributed by atoms with Gasteiger partial charge in [-0.15, -0.1) is 0 Å². The number of unbranched alkanes of at least 4 members (excludes halogenated alkanes) is 6. The lowest BCUT2D eigenvalue weighted by Gasteiger charge is -2.16.